The number of para-hydroxylation sites is 1. The number of aromatic nitrogens is 4. The number of nitrogens with zero attached hydrogens (tertiary/aromatic N) is 4. The molecule has 0 unspecified atom stereocenters. The molecule has 2 aromatic carbocycles. The molecule has 0 saturated heterocycles. The van der Waals surface area contributed by atoms with Crippen LogP contribution in [0.3, 0.4) is 0 Å². The van der Waals surface area contributed by atoms with Crippen molar-refractivity contribution < 1.29 is 8.42 Å². The summed E-state index contributed by atoms with van der Waals surface area (Å²) in [5.41, 5.74) is 1.01. The molecule has 1 fully saturated rings. The standard InChI is InChI=1S/C22H23N5O2S/c1-15-9-5-7-13-18(15)23-20-17-12-6-8-14-19(17)27-21(24-20)22(25-26-27)30(28,29)16-10-3-2-4-11-16/h2-4,6,8,10-12,14-15,18H,5,7,9,13H2,1H3,(H,23,24)/t15-,18+/m0/s1. The minimum absolute atomic E-state index is 0.126. The van der Waals surface area contributed by atoms with Gasteiger partial charge in [-0.25, -0.2) is 13.4 Å². The zero-order valence-electron chi connectivity index (χ0n) is 16.7. The Morgan fingerprint density at radius 3 is 2.53 bits per heavy atom. The second kappa shape index (κ2) is 7.36. The number of hydrogen-bond donors (Lipinski definition) is 1. The van der Waals surface area contributed by atoms with E-state index >= 15 is 0 Å². The Kier molecular flexibility index (Phi) is 4.66. The maximum Gasteiger partial charge on any atom is 0.229 e. The van der Waals surface area contributed by atoms with Crippen molar-refractivity contribution in [1.29, 1.82) is 0 Å². The van der Waals surface area contributed by atoms with Gasteiger partial charge in [-0.2, -0.15) is 4.52 Å². The predicted octanol–water partition coefficient (Wildman–Crippen LogP) is 4.10. The Morgan fingerprint density at radius 2 is 1.73 bits per heavy atom. The summed E-state index contributed by atoms with van der Waals surface area (Å²) in [4.78, 5) is 4.91. The first-order valence-electron chi connectivity index (χ1n) is 10.3. The van der Waals surface area contributed by atoms with Crippen LogP contribution in [0.1, 0.15) is 32.6 Å². The summed E-state index contributed by atoms with van der Waals surface area (Å²) in [7, 11) is -3.84. The zero-order valence-corrected chi connectivity index (χ0v) is 17.5. The van der Waals surface area contributed by atoms with E-state index in [0.29, 0.717) is 17.8 Å². The predicted molar refractivity (Wildman–Crippen MR) is 115 cm³/mol. The summed E-state index contributed by atoms with van der Waals surface area (Å²) >= 11 is 0. The summed E-state index contributed by atoms with van der Waals surface area (Å²) < 4.78 is 28.0. The Morgan fingerprint density at radius 1 is 1.00 bits per heavy atom. The van der Waals surface area contributed by atoms with Crippen LogP contribution in [0.4, 0.5) is 5.82 Å². The molecule has 1 aliphatic carbocycles. The van der Waals surface area contributed by atoms with E-state index in [1.54, 1.807) is 30.3 Å². The minimum atomic E-state index is -3.84. The van der Waals surface area contributed by atoms with E-state index in [1.807, 2.05) is 24.3 Å². The smallest absolute Gasteiger partial charge is 0.229 e. The van der Waals surface area contributed by atoms with Crippen LogP contribution in [0.25, 0.3) is 16.6 Å². The van der Waals surface area contributed by atoms with Crippen LogP contribution in [0.5, 0.6) is 0 Å². The molecule has 1 saturated carbocycles. The Balaban J connectivity index is 1.70. The number of rotatable bonds is 4. The molecule has 2 atom stereocenters. The molecular weight excluding hydrogens is 398 g/mol. The SMILES string of the molecule is C[C@H]1CCCC[C@H]1Nc1nc2c(S(=O)(=O)c3ccccc3)nnn2c2ccccc12. The van der Waals surface area contributed by atoms with Crippen LogP contribution < -0.4 is 5.32 Å². The van der Waals surface area contributed by atoms with E-state index in [-0.39, 0.29) is 15.6 Å². The fraction of sp³-hybridized carbons (Fsp3) is 0.318. The lowest BCUT2D eigenvalue weighted by Gasteiger charge is -2.30. The van der Waals surface area contributed by atoms with Crippen LogP contribution in [-0.2, 0) is 9.84 Å². The van der Waals surface area contributed by atoms with E-state index in [1.165, 1.54) is 23.8 Å². The van der Waals surface area contributed by atoms with Gasteiger partial charge >= 0.3 is 0 Å². The highest BCUT2D eigenvalue weighted by atomic mass is 32.2. The van der Waals surface area contributed by atoms with Crippen LogP contribution >= 0.6 is 0 Å². The average Bonchev–Trinajstić information content (AvgIpc) is 3.21. The number of sulfone groups is 1. The van der Waals surface area contributed by atoms with Crippen LogP contribution in [0.15, 0.2) is 64.5 Å². The third-order valence-corrected chi connectivity index (χ3v) is 7.63. The van der Waals surface area contributed by atoms with Gasteiger partial charge in [0.25, 0.3) is 0 Å². The van der Waals surface area contributed by atoms with Gasteiger partial charge in [0.2, 0.25) is 14.9 Å². The molecule has 0 radical (unpaired) electrons. The van der Waals surface area contributed by atoms with Crippen LogP contribution in [0.2, 0.25) is 0 Å². The van der Waals surface area contributed by atoms with Crippen molar-refractivity contribution in [3.8, 4) is 0 Å². The van der Waals surface area contributed by atoms with Gasteiger partial charge in [0.1, 0.15) is 5.82 Å². The molecule has 8 heteroatoms. The molecule has 2 heterocycles. The van der Waals surface area contributed by atoms with Gasteiger partial charge < -0.3 is 5.32 Å². The first kappa shape index (κ1) is 19.0. The molecule has 4 aromatic rings. The Hall–Kier alpha value is -3.00. The zero-order chi connectivity index (χ0) is 20.7. The molecule has 30 heavy (non-hydrogen) atoms. The maximum atomic E-state index is 13.2. The van der Waals surface area contributed by atoms with Gasteiger partial charge in [0, 0.05) is 11.4 Å². The van der Waals surface area contributed by atoms with Gasteiger partial charge in [0.15, 0.2) is 5.65 Å². The second-order valence-corrected chi connectivity index (χ2v) is 9.80. The van der Waals surface area contributed by atoms with Crippen LogP contribution in [0, 0.1) is 5.92 Å². The topological polar surface area (TPSA) is 89.2 Å². The summed E-state index contributed by atoms with van der Waals surface area (Å²) in [5, 5.41) is 12.5. The fourth-order valence-electron chi connectivity index (χ4n) is 4.25. The van der Waals surface area contributed by atoms with Gasteiger partial charge in [0.05, 0.1) is 10.4 Å². The molecular formula is C22H23N5O2S. The first-order valence-corrected chi connectivity index (χ1v) is 11.7. The van der Waals surface area contributed by atoms with Crippen LogP contribution in [-0.4, -0.2) is 34.3 Å². The molecule has 1 aliphatic rings. The molecule has 7 nitrogen and oxygen atoms in total. The third kappa shape index (κ3) is 3.11. The van der Waals surface area contributed by atoms with E-state index in [0.717, 1.165) is 17.3 Å². The summed E-state index contributed by atoms with van der Waals surface area (Å²) in [5.74, 6) is 1.22. The van der Waals surface area contributed by atoms with E-state index in [2.05, 4.69) is 22.6 Å². The molecule has 0 spiro atoms. The Labute approximate surface area is 175 Å². The lowest BCUT2D eigenvalue weighted by atomic mass is 9.86. The Bertz CT molecular complexity index is 1320. The number of fused-ring (bicyclic) bond motifs is 3. The van der Waals surface area contributed by atoms with Gasteiger partial charge in [-0.15, -0.1) is 5.10 Å². The average molecular weight is 422 g/mol. The summed E-state index contributed by atoms with van der Waals surface area (Å²) in [6.45, 7) is 2.25. The normalized spacial score (nSPS) is 19.9. The van der Waals surface area contributed by atoms with Gasteiger partial charge in [-0.05, 0) is 43.0 Å². The molecule has 0 bridgehead atoms. The minimum Gasteiger partial charge on any atom is -0.366 e. The number of nitrogens with one attached hydrogen (secondary N) is 1. The maximum absolute atomic E-state index is 13.2. The fourth-order valence-corrected chi connectivity index (χ4v) is 5.50. The molecule has 154 valence electrons. The summed E-state index contributed by atoms with van der Waals surface area (Å²) in [6, 6.07) is 16.3. The van der Waals surface area contributed by atoms with Crippen molar-refractivity contribution >= 4 is 32.2 Å². The monoisotopic (exact) mass is 421 g/mol. The molecule has 1 N–H and O–H groups in total. The van der Waals surface area contributed by atoms with E-state index < -0.39 is 9.84 Å². The molecule has 0 aliphatic heterocycles. The lowest BCUT2D eigenvalue weighted by molar-refractivity contribution is 0.349. The number of hydrogen-bond acceptors (Lipinski definition) is 6. The first-order chi connectivity index (χ1) is 14.6. The largest absolute Gasteiger partial charge is 0.366 e. The highest BCUT2D eigenvalue weighted by Crippen LogP contribution is 2.31. The molecule has 2 aromatic heterocycles. The van der Waals surface area contributed by atoms with Crippen molar-refractivity contribution in [3.05, 3.63) is 54.6 Å². The summed E-state index contributed by atoms with van der Waals surface area (Å²) in [6.07, 6.45) is 4.69. The van der Waals surface area contributed by atoms with Crippen molar-refractivity contribution in [2.75, 3.05) is 5.32 Å². The third-order valence-electron chi connectivity index (χ3n) is 5.96. The van der Waals surface area contributed by atoms with Crippen molar-refractivity contribution in [2.24, 2.45) is 5.92 Å². The van der Waals surface area contributed by atoms with E-state index in [9.17, 15) is 8.42 Å². The van der Waals surface area contributed by atoms with Gasteiger partial charge in [-0.1, -0.05) is 55.3 Å². The quantitative estimate of drug-likeness (QED) is 0.534. The molecule has 0 amide bonds. The van der Waals surface area contributed by atoms with Crippen molar-refractivity contribution in [3.63, 3.8) is 0 Å². The van der Waals surface area contributed by atoms with E-state index in [4.69, 9.17) is 4.98 Å². The highest BCUT2D eigenvalue weighted by molar-refractivity contribution is 7.91. The van der Waals surface area contributed by atoms with Crippen molar-refractivity contribution in [2.45, 2.75) is 48.6 Å². The second-order valence-electron chi connectivity index (χ2n) is 7.94. The lowest BCUT2D eigenvalue weighted by Crippen LogP contribution is -2.30. The highest BCUT2D eigenvalue weighted by Gasteiger charge is 2.28. The molecule has 5 rings (SSSR count). The number of anilines is 1. The number of benzene rings is 2. The van der Waals surface area contributed by atoms with Gasteiger partial charge in [-0.3, -0.25) is 0 Å². The van der Waals surface area contributed by atoms with Crippen molar-refractivity contribution in [1.82, 2.24) is 19.8 Å².